The van der Waals surface area contributed by atoms with Gasteiger partial charge in [0.15, 0.2) is 5.60 Å². The topological polar surface area (TPSA) is 55.4 Å². The van der Waals surface area contributed by atoms with E-state index in [0.717, 1.165) is 11.1 Å². The Morgan fingerprint density at radius 3 is 2.22 bits per heavy atom. The number of ether oxygens (including phenoxy) is 1. The van der Waals surface area contributed by atoms with Gasteiger partial charge in [0.1, 0.15) is 0 Å². The third-order valence-corrected chi connectivity index (χ3v) is 2.71. The summed E-state index contributed by atoms with van der Waals surface area (Å²) in [6, 6.07) is 7.70. The van der Waals surface area contributed by atoms with E-state index in [9.17, 15) is 9.59 Å². The molecule has 0 aliphatic carbocycles. The monoisotopic (exact) mass is 249 g/mol. The smallest absolute Gasteiger partial charge is 0.303 e. The molecule has 98 valence electrons. The molecular weight excluding hydrogens is 230 g/mol. The zero-order valence-corrected chi connectivity index (χ0v) is 11.2. The quantitative estimate of drug-likeness (QED) is 0.829. The molecular formula is C14H19NO3. The Morgan fingerprint density at radius 1 is 1.22 bits per heavy atom. The maximum absolute atomic E-state index is 11.2. The van der Waals surface area contributed by atoms with Gasteiger partial charge in [0, 0.05) is 13.8 Å². The molecule has 4 nitrogen and oxygen atoms in total. The minimum absolute atomic E-state index is 0.152. The molecule has 0 bridgehead atoms. The zero-order chi connectivity index (χ0) is 13.8. The highest BCUT2D eigenvalue weighted by Crippen LogP contribution is 2.25. The summed E-state index contributed by atoms with van der Waals surface area (Å²) in [4.78, 5) is 22.2. The molecule has 0 saturated carbocycles. The fraction of sp³-hybridized carbons (Fsp3) is 0.429. The molecule has 0 aliphatic heterocycles. The Kier molecular flexibility index (Phi) is 4.48. The zero-order valence-electron chi connectivity index (χ0n) is 11.2. The van der Waals surface area contributed by atoms with Crippen LogP contribution in [0.1, 0.15) is 31.9 Å². The van der Waals surface area contributed by atoms with E-state index < -0.39 is 5.60 Å². The first kappa shape index (κ1) is 14.2. The summed E-state index contributed by atoms with van der Waals surface area (Å²) < 4.78 is 5.36. The van der Waals surface area contributed by atoms with Crippen LogP contribution in [0.4, 0.5) is 0 Å². The van der Waals surface area contributed by atoms with Crippen LogP contribution in [-0.2, 0) is 19.9 Å². The average Bonchev–Trinajstić information content (AvgIpc) is 2.26. The molecule has 0 radical (unpaired) electrons. The van der Waals surface area contributed by atoms with Crippen LogP contribution in [-0.4, -0.2) is 18.4 Å². The second kappa shape index (κ2) is 5.67. The number of benzene rings is 1. The van der Waals surface area contributed by atoms with Crippen LogP contribution in [0.2, 0.25) is 0 Å². The Morgan fingerprint density at radius 2 is 1.78 bits per heavy atom. The fourth-order valence-electron chi connectivity index (χ4n) is 1.71. The second-order valence-electron chi connectivity index (χ2n) is 4.60. The van der Waals surface area contributed by atoms with Crippen molar-refractivity contribution in [1.82, 2.24) is 5.32 Å². The highest BCUT2D eigenvalue weighted by atomic mass is 16.6. The van der Waals surface area contributed by atoms with Crippen molar-refractivity contribution in [2.24, 2.45) is 0 Å². The molecule has 0 spiro atoms. The number of rotatable bonds is 4. The van der Waals surface area contributed by atoms with Crippen LogP contribution in [0, 0.1) is 6.92 Å². The van der Waals surface area contributed by atoms with E-state index >= 15 is 0 Å². The molecule has 1 atom stereocenters. The minimum atomic E-state index is -0.842. The van der Waals surface area contributed by atoms with E-state index in [1.54, 1.807) is 6.92 Å². The van der Waals surface area contributed by atoms with Crippen LogP contribution in [0.5, 0.6) is 0 Å². The molecule has 1 amide bonds. The largest absolute Gasteiger partial charge is 0.453 e. The number of hydrogen-bond donors (Lipinski definition) is 1. The molecule has 0 aliphatic rings. The lowest BCUT2D eigenvalue weighted by molar-refractivity contribution is -0.156. The lowest BCUT2D eigenvalue weighted by atomic mass is 9.94. The Hall–Kier alpha value is -1.84. The molecule has 4 heteroatoms. The van der Waals surface area contributed by atoms with Gasteiger partial charge in [-0.05, 0) is 19.4 Å². The van der Waals surface area contributed by atoms with Crippen molar-refractivity contribution in [2.75, 3.05) is 6.54 Å². The number of esters is 1. The van der Waals surface area contributed by atoms with Crippen molar-refractivity contribution >= 4 is 11.9 Å². The van der Waals surface area contributed by atoms with E-state index in [1.807, 2.05) is 31.2 Å². The summed E-state index contributed by atoms with van der Waals surface area (Å²) in [5.74, 6) is -0.524. The summed E-state index contributed by atoms with van der Waals surface area (Å²) in [6.07, 6.45) is 0. The van der Waals surface area contributed by atoms with Crippen molar-refractivity contribution in [3.05, 3.63) is 35.4 Å². The van der Waals surface area contributed by atoms with E-state index in [1.165, 1.54) is 13.8 Å². The van der Waals surface area contributed by atoms with E-state index in [0.29, 0.717) is 0 Å². The van der Waals surface area contributed by atoms with E-state index in [-0.39, 0.29) is 18.4 Å². The first-order valence-electron chi connectivity index (χ1n) is 5.84. The molecule has 18 heavy (non-hydrogen) atoms. The molecule has 1 aromatic carbocycles. The van der Waals surface area contributed by atoms with E-state index in [2.05, 4.69) is 5.32 Å². The second-order valence-corrected chi connectivity index (χ2v) is 4.60. The van der Waals surface area contributed by atoms with Crippen LogP contribution < -0.4 is 5.32 Å². The lowest BCUT2D eigenvalue weighted by Crippen LogP contribution is -2.41. The highest BCUT2D eigenvalue weighted by molar-refractivity contribution is 5.73. The molecule has 0 aromatic heterocycles. The average molecular weight is 249 g/mol. The first-order chi connectivity index (χ1) is 8.33. The van der Waals surface area contributed by atoms with Crippen molar-refractivity contribution in [1.29, 1.82) is 0 Å². The number of nitrogens with one attached hydrogen (secondary N) is 1. The predicted octanol–water partition coefficient (Wildman–Crippen LogP) is 1.91. The molecule has 0 heterocycles. The molecule has 0 saturated heterocycles. The molecule has 0 unspecified atom stereocenters. The van der Waals surface area contributed by atoms with Gasteiger partial charge in [-0.2, -0.15) is 0 Å². The van der Waals surface area contributed by atoms with Gasteiger partial charge < -0.3 is 10.1 Å². The van der Waals surface area contributed by atoms with Gasteiger partial charge >= 0.3 is 5.97 Å². The Bertz CT molecular complexity index is 439. The summed E-state index contributed by atoms with van der Waals surface area (Å²) >= 11 is 0. The van der Waals surface area contributed by atoms with E-state index in [4.69, 9.17) is 4.74 Å². The predicted molar refractivity (Wildman–Crippen MR) is 69.0 cm³/mol. The highest BCUT2D eigenvalue weighted by Gasteiger charge is 2.30. The Labute approximate surface area is 107 Å². The standard InChI is InChI=1S/C14H19NO3/c1-10-5-7-13(8-6-10)14(4,18-12(3)17)9-15-11(2)16/h5-8H,9H2,1-4H3,(H,15,16)/t14-/m0/s1. The van der Waals surface area contributed by atoms with Gasteiger partial charge in [0.2, 0.25) is 5.91 Å². The summed E-state index contributed by atoms with van der Waals surface area (Å²) in [6.45, 7) is 6.82. The SMILES string of the molecule is CC(=O)NC[C@](C)(OC(C)=O)c1ccc(C)cc1. The van der Waals surface area contributed by atoms with Crippen LogP contribution >= 0.6 is 0 Å². The number of carbonyl (C=O) groups is 2. The fourth-order valence-corrected chi connectivity index (χ4v) is 1.71. The molecule has 1 aromatic rings. The minimum Gasteiger partial charge on any atom is -0.453 e. The third kappa shape index (κ3) is 3.87. The van der Waals surface area contributed by atoms with Crippen molar-refractivity contribution < 1.29 is 14.3 Å². The van der Waals surface area contributed by atoms with Crippen LogP contribution in [0.15, 0.2) is 24.3 Å². The van der Waals surface area contributed by atoms with Gasteiger partial charge in [0.05, 0.1) is 6.54 Å². The maximum Gasteiger partial charge on any atom is 0.303 e. The normalized spacial score (nSPS) is 13.6. The summed E-state index contributed by atoms with van der Waals surface area (Å²) in [5, 5.41) is 2.69. The molecule has 1 N–H and O–H groups in total. The summed E-state index contributed by atoms with van der Waals surface area (Å²) in [7, 11) is 0. The number of aryl methyl sites for hydroxylation is 1. The summed E-state index contributed by atoms with van der Waals surface area (Å²) in [5.41, 5.74) is 1.14. The van der Waals surface area contributed by atoms with Crippen LogP contribution in [0.25, 0.3) is 0 Å². The first-order valence-corrected chi connectivity index (χ1v) is 5.84. The van der Waals surface area contributed by atoms with Crippen molar-refractivity contribution in [2.45, 2.75) is 33.3 Å². The van der Waals surface area contributed by atoms with Crippen LogP contribution in [0.3, 0.4) is 0 Å². The van der Waals surface area contributed by atoms with Gasteiger partial charge in [0.25, 0.3) is 0 Å². The Balaban J connectivity index is 2.98. The molecule has 0 fully saturated rings. The van der Waals surface area contributed by atoms with Gasteiger partial charge in [-0.15, -0.1) is 0 Å². The van der Waals surface area contributed by atoms with Crippen molar-refractivity contribution in [3.63, 3.8) is 0 Å². The van der Waals surface area contributed by atoms with Gasteiger partial charge in [-0.1, -0.05) is 29.8 Å². The lowest BCUT2D eigenvalue weighted by Gasteiger charge is -2.29. The van der Waals surface area contributed by atoms with Gasteiger partial charge in [-0.3, -0.25) is 9.59 Å². The number of carbonyl (C=O) groups excluding carboxylic acids is 2. The van der Waals surface area contributed by atoms with Crippen molar-refractivity contribution in [3.8, 4) is 0 Å². The number of hydrogen-bond acceptors (Lipinski definition) is 3. The maximum atomic E-state index is 11.2. The molecule has 1 rings (SSSR count). The number of amides is 1. The van der Waals surface area contributed by atoms with Gasteiger partial charge in [-0.25, -0.2) is 0 Å². The third-order valence-electron chi connectivity index (χ3n) is 2.71.